The van der Waals surface area contributed by atoms with Gasteiger partial charge in [0.2, 0.25) is 0 Å². The molecule has 0 aromatic heterocycles. The highest BCUT2D eigenvalue weighted by Gasteiger charge is 2.23. The lowest BCUT2D eigenvalue weighted by Crippen LogP contribution is -2.21. The van der Waals surface area contributed by atoms with E-state index in [-0.39, 0.29) is 11.2 Å². The Hall–Kier alpha value is -0.790. The van der Waals surface area contributed by atoms with Gasteiger partial charge >= 0.3 is 0 Å². The van der Waals surface area contributed by atoms with E-state index in [1.165, 1.54) is 0 Å². The Labute approximate surface area is 105 Å². The average molecular weight is 255 g/mol. The topological polar surface area (TPSA) is 17.1 Å². The van der Waals surface area contributed by atoms with Gasteiger partial charge in [-0.05, 0) is 48.6 Å². The largest absolute Gasteiger partial charge is 0.293 e. The van der Waals surface area contributed by atoms with Crippen molar-refractivity contribution in [3.8, 4) is 0 Å². The van der Waals surface area contributed by atoms with Crippen LogP contribution in [-0.4, -0.2) is 11.2 Å². The Bertz CT molecular complexity index is 420. The van der Waals surface area contributed by atoms with Crippen LogP contribution >= 0.6 is 23.2 Å². The maximum atomic E-state index is 11.8. The van der Waals surface area contributed by atoms with Gasteiger partial charge in [0.25, 0.3) is 0 Å². The summed E-state index contributed by atoms with van der Waals surface area (Å²) in [5.74, 6) is 0.0721. The Morgan fingerprint density at radius 1 is 1.25 bits per heavy atom. The van der Waals surface area contributed by atoms with Crippen LogP contribution in [0, 0.1) is 0 Å². The maximum Gasteiger partial charge on any atom is 0.176 e. The first kappa shape index (κ1) is 11.7. The number of carbonyl (C=O) groups is 1. The van der Waals surface area contributed by atoms with Crippen molar-refractivity contribution in [2.24, 2.45) is 0 Å². The molecule has 1 atom stereocenters. The number of halogens is 2. The maximum absolute atomic E-state index is 11.8. The van der Waals surface area contributed by atoms with Gasteiger partial charge in [-0.2, -0.15) is 0 Å². The molecule has 0 spiro atoms. The van der Waals surface area contributed by atoms with Crippen molar-refractivity contribution >= 4 is 35.1 Å². The van der Waals surface area contributed by atoms with Crippen LogP contribution in [0.15, 0.2) is 29.8 Å². The monoisotopic (exact) mass is 254 g/mol. The van der Waals surface area contributed by atoms with Gasteiger partial charge < -0.3 is 0 Å². The van der Waals surface area contributed by atoms with Gasteiger partial charge in [-0.15, -0.1) is 11.6 Å². The highest BCUT2D eigenvalue weighted by molar-refractivity contribution is 6.34. The lowest BCUT2D eigenvalue weighted by molar-refractivity contribution is -0.116. The van der Waals surface area contributed by atoms with Gasteiger partial charge in [0.05, 0.1) is 5.38 Å². The summed E-state index contributed by atoms with van der Waals surface area (Å²) >= 11 is 11.7. The summed E-state index contributed by atoms with van der Waals surface area (Å²) in [7, 11) is 0. The molecule has 0 radical (unpaired) electrons. The number of Topliss-reactive ketones (excluding diaryl/α,β-unsaturated/α-hetero) is 1. The van der Waals surface area contributed by atoms with Crippen LogP contribution in [0.2, 0.25) is 5.02 Å². The molecule has 2 rings (SSSR count). The summed E-state index contributed by atoms with van der Waals surface area (Å²) in [5, 5.41) is 0.361. The number of benzene rings is 1. The first-order chi connectivity index (χ1) is 7.66. The summed E-state index contributed by atoms with van der Waals surface area (Å²) in [4.78, 5) is 11.8. The lowest BCUT2D eigenvalue weighted by atomic mass is 9.92. The summed E-state index contributed by atoms with van der Waals surface area (Å²) in [6.07, 6.45) is 4.51. The Morgan fingerprint density at radius 2 is 1.94 bits per heavy atom. The minimum Gasteiger partial charge on any atom is -0.293 e. The molecule has 0 bridgehead atoms. The fraction of sp³-hybridized carbons (Fsp3) is 0.308. The van der Waals surface area contributed by atoms with E-state index in [2.05, 4.69) is 0 Å². The number of ketones is 1. The average Bonchev–Trinajstić information content (AvgIpc) is 2.28. The van der Waals surface area contributed by atoms with Crippen LogP contribution in [0.25, 0.3) is 6.08 Å². The molecule has 16 heavy (non-hydrogen) atoms. The summed E-state index contributed by atoms with van der Waals surface area (Å²) in [6, 6.07) is 7.44. The number of hydrogen-bond donors (Lipinski definition) is 0. The van der Waals surface area contributed by atoms with Crippen molar-refractivity contribution < 1.29 is 4.79 Å². The molecule has 0 aliphatic heterocycles. The van der Waals surface area contributed by atoms with Crippen LogP contribution in [0.5, 0.6) is 0 Å². The third-order valence-electron chi connectivity index (χ3n) is 2.72. The fourth-order valence-corrected chi connectivity index (χ4v) is 2.25. The number of carbonyl (C=O) groups excluding carboxylic acids is 1. The van der Waals surface area contributed by atoms with Crippen LogP contribution < -0.4 is 0 Å². The van der Waals surface area contributed by atoms with Gasteiger partial charge in [0.15, 0.2) is 5.78 Å². The van der Waals surface area contributed by atoms with Gasteiger partial charge in [-0.1, -0.05) is 23.7 Å². The molecule has 0 saturated heterocycles. The van der Waals surface area contributed by atoms with Crippen LogP contribution in [0.4, 0.5) is 0 Å². The molecule has 1 aliphatic carbocycles. The van der Waals surface area contributed by atoms with Gasteiger partial charge in [0.1, 0.15) is 0 Å². The second-order valence-electron chi connectivity index (χ2n) is 3.95. The van der Waals surface area contributed by atoms with Crippen molar-refractivity contribution in [1.82, 2.24) is 0 Å². The Kier molecular flexibility index (Phi) is 3.67. The standard InChI is InChI=1S/C13H12Cl2O/c14-11-6-4-9(5-7-11)8-10-2-1-3-12(15)13(10)16/h4-8,12H,1-3H2. The van der Waals surface area contributed by atoms with Gasteiger partial charge in [-0.3, -0.25) is 4.79 Å². The summed E-state index contributed by atoms with van der Waals surface area (Å²) in [5.41, 5.74) is 1.83. The molecular weight excluding hydrogens is 243 g/mol. The van der Waals surface area contributed by atoms with Crippen LogP contribution in [0.3, 0.4) is 0 Å². The molecule has 1 unspecified atom stereocenters. The van der Waals surface area contributed by atoms with E-state index < -0.39 is 0 Å². The van der Waals surface area contributed by atoms with Gasteiger partial charge in [-0.25, -0.2) is 0 Å². The molecule has 1 aromatic carbocycles. The first-order valence-electron chi connectivity index (χ1n) is 5.31. The molecular formula is C13H12Cl2O. The lowest BCUT2D eigenvalue weighted by Gasteiger charge is -2.17. The van der Waals surface area contributed by atoms with Crippen molar-refractivity contribution in [2.45, 2.75) is 24.6 Å². The third kappa shape index (κ3) is 2.66. The number of rotatable bonds is 1. The molecule has 84 valence electrons. The molecule has 1 aliphatic rings. The molecule has 1 fully saturated rings. The van der Waals surface area contributed by atoms with Gasteiger partial charge in [0, 0.05) is 5.02 Å². The molecule has 0 heterocycles. The van der Waals surface area contributed by atoms with Crippen molar-refractivity contribution in [2.75, 3.05) is 0 Å². The zero-order valence-corrected chi connectivity index (χ0v) is 10.3. The van der Waals surface area contributed by atoms with E-state index in [9.17, 15) is 4.79 Å². The van der Waals surface area contributed by atoms with E-state index >= 15 is 0 Å². The minimum absolute atomic E-state index is 0.0721. The van der Waals surface area contributed by atoms with E-state index in [1.807, 2.05) is 30.3 Å². The molecule has 0 amide bonds. The number of hydrogen-bond acceptors (Lipinski definition) is 1. The minimum atomic E-state index is -0.340. The van der Waals surface area contributed by atoms with Crippen molar-refractivity contribution in [3.63, 3.8) is 0 Å². The zero-order valence-electron chi connectivity index (χ0n) is 8.75. The first-order valence-corrected chi connectivity index (χ1v) is 6.12. The normalized spacial score (nSPS) is 23.8. The van der Waals surface area contributed by atoms with Crippen LogP contribution in [0.1, 0.15) is 24.8 Å². The molecule has 3 heteroatoms. The smallest absolute Gasteiger partial charge is 0.176 e. The fourth-order valence-electron chi connectivity index (χ4n) is 1.83. The highest BCUT2D eigenvalue weighted by atomic mass is 35.5. The Morgan fingerprint density at radius 3 is 2.62 bits per heavy atom. The van der Waals surface area contributed by atoms with E-state index in [0.717, 1.165) is 30.4 Å². The summed E-state index contributed by atoms with van der Waals surface area (Å²) in [6.45, 7) is 0. The number of alkyl halides is 1. The predicted molar refractivity (Wildman–Crippen MR) is 67.9 cm³/mol. The zero-order chi connectivity index (χ0) is 11.5. The molecule has 0 N–H and O–H groups in total. The summed E-state index contributed by atoms with van der Waals surface area (Å²) < 4.78 is 0. The highest BCUT2D eigenvalue weighted by Crippen LogP contribution is 2.26. The second-order valence-corrected chi connectivity index (χ2v) is 4.91. The van der Waals surface area contributed by atoms with Crippen LogP contribution in [-0.2, 0) is 4.79 Å². The molecule has 1 nitrogen and oxygen atoms in total. The van der Waals surface area contributed by atoms with E-state index in [1.54, 1.807) is 0 Å². The van der Waals surface area contributed by atoms with Crippen molar-refractivity contribution in [3.05, 3.63) is 40.4 Å². The molecule has 1 saturated carbocycles. The van der Waals surface area contributed by atoms with E-state index in [4.69, 9.17) is 23.2 Å². The van der Waals surface area contributed by atoms with Crippen molar-refractivity contribution in [1.29, 1.82) is 0 Å². The number of allylic oxidation sites excluding steroid dienone is 1. The van der Waals surface area contributed by atoms with E-state index in [0.29, 0.717) is 5.02 Å². The third-order valence-corrected chi connectivity index (χ3v) is 3.38. The second kappa shape index (κ2) is 5.03. The quantitative estimate of drug-likeness (QED) is 0.545. The predicted octanol–water partition coefficient (Wildman–Crippen LogP) is 4.08. The SMILES string of the molecule is O=C1C(=Cc2ccc(Cl)cc2)CCCC1Cl. The molecule has 1 aromatic rings. The Balaban J connectivity index is 2.23.